The van der Waals surface area contributed by atoms with E-state index in [2.05, 4.69) is 4.43 Å². The largest absolute Gasteiger partial charge is 0.424 e. The molecule has 1 nitrogen and oxygen atoms in total. The molecule has 3 atom stereocenters. The lowest BCUT2D eigenvalue weighted by atomic mass is 10.0. The van der Waals surface area contributed by atoms with Gasteiger partial charge in [-0.15, -0.1) is 0 Å². The van der Waals surface area contributed by atoms with Gasteiger partial charge in [0.2, 0.25) is 15.9 Å². The minimum Gasteiger partial charge on any atom is -0.424 e. The fraction of sp³-hybridized carbons (Fsp3) is 1.00. The standard InChI is InChI=1S/C7H9F9OSi/c1-17-18-5(12)7(15,16)6(13,14)3(9)2(8)4(10)11/h2-5H,18H2,1H3. The molecule has 0 aromatic heterocycles. The first-order valence-corrected chi connectivity index (χ1v) is 5.84. The normalized spacial score (nSPS) is 19.5. The highest BCUT2D eigenvalue weighted by Gasteiger charge is 2.68. The van der Waals surface area contributed by atoms with Crippen molar-refractivity contribution < 1.29 is 43.9 Å². The Bertz CT molecular complexity index is 261. The lowest BCUT2D eigenvalue weighted by molar-refractivity contribution is -0.266. The van der Waals surface area contributed by atoms with Crippen LogP contribution in [0.1, 0.15) is 0 Å². The van der Waals surface area contributed by atoms with Crippen LogP contribution in [0.25, 0.3) is 0 Å². The van der Waals surface area contributed by atoms with Gasteiger partial charge in [0.1, 0.15) is 0 Å². The van der Waals surface area contributed by atoms with Gasteiger partial charge in [-0.1, -0.05) is 0 Å². The summed E-state index contributed by atoms with van der Waals surface area (Å²) in [5, 5.41) is 0. The first kappa shape index (κ1) is 17.5. The van der Waals surface area contributed by atoms with E-state index < -0.39 is 46.2 Å². The monoisotopic (exact) mass is 308 g/mol. The first-order chi connectivity index (χ1) is 8.00. The smallest absolute Gasteiger partial charge is 0.346 e. The Morgan fingerprint density at radius 1 is 0.889 bits per heavy atom. The van der Waals surface area contributed by atoms with Crippen molar-refractivity contribution in [2.24, 2.45) is 0 Å². The van der Waals surface area contributed by atoms with Gasteiger partial charge < -0.3 is 4.43 Å². The summed E-state index contributed by atoms with van der Waals surface area (Å²) < 4.78 is 116. The van der Waals surface area contributed by atoms with Crippen molar-refractivity contribution in [1.82, 2.24) is 0 Å². The maximum atomic E-state index is 12.8. The van der Waals surface area contributed by atoms with Crippen LogP contribution in [-0.4, -0.2) is 53.3 Å². The zero-order chi connectivity index (χ0) is 14.7. The van der Waals surface area contributed by atoms with E-state index in [4.69, 9.17) is 0 Å². The summed E-state index contributed by atoms with van der Waals surface area (Å²) in [5.74, 6) is -15.0. The van der Waals surface area contributed by atoms with Crippen molar-refractivity contribution in [1.29, 1.82) is 0 Å². The lowest BCUT2D eigenvalue weighted by Gasteiger charge is -2.31. The summed E-state index contributed by atoms with van der Waals surface area (Å²) in [4.78, 5) is 0. The van der Waals surface area contributed by atoms with E-state index in [1.165, 1.54) is 0 Å². The molecule has 0 fully saturated rings. The quantitative estimate of drug-likeness (QED) is 0.518. The van der Waals surface area contributed by atoms with Gasteiger partial charge in [-0.25, -0.2) is 22.0 Å². The van der Waals surface area contributed by atoms with Gasteiger partial charge in [-0.2, -0.15) is 17.6 Å². The minimum absolute atomic E-state index is 0.761. The molecule has 0 spiro atoms. The molecule has 0 aliphatic heterocycles. The molecule has 0 aliphatic carbocycles. The SMILES string of the molecule is CO[SiH2]C(F)C(F)(F)C(F)(F)C(F)C(F)C(F)F. The van der Waals surface area contributed by atoms with Gasteiger partial charge in [0.15, 0.2) is 12.0 Å². The van der Waals surface area contributed by atoms with Crippen LogP contribution in [0.4, 0.5) is 39.5 Å². The Morgan fingerprint density at radius 2 is 1.33 bits per heavy atom. The van der Waals surface area contributed by atoms with Gasteiger partial charge >= 0.3 is 11.8 Å². The Balaban J connectivity index is 5.10. The summed E-state index contributed by atoms with van der Waals surface area (Å²) in [5.41, 5.74) is 0. The van der Waals surface area contributed by atoms with Crippen molar-refractivity contribution in [3.05, 3.63) is 0 Å². The topological polar surface area (TPSA) is 9.23 Å². The number of halogens is 9. The summed E-state index contributed by atoms with van der Waals surface area (Å²) in [6.07, 6.45) is -12.9. The Hall–Kier alpha value is -0.453. The zero-order valence-electron chi connectivity index (χ0n) is 8.83. The zero-order valence-corrected chi connectivity index (χ0v) is 10.2. The summed E-state index contributed by atoms with van der Waals surface area (Å²) in [6.45, 7) is 0. The van der Waals surface area contributed by atoms with Crippen LogP contribution in [0, 0.1) is 0 Å². The molecule has 0 heterocycles. The maximum Gasteiger partial charge on any atom is 0.346 e. The molecule has 0 aromatic rings. The second kappa shape index (κ2) is 6.13. The van der Waals surface area contributed by atoms with E-state index in [1.807, 2.05) is 0 Å². The molecule has 0 N–H and O–H groups in total. The predicted molar refractivity (Wildman–Crippen MR) is 46.1 cm³/mol. The van der Waals surface area contributed by atoms with Gasteiger partial charge in [0.25, 0.3) is 6.43 Å². The molecule has 0 saturated carbocycles. The lowest BCUT2D eigenvalue weighted by Crippen LogP contribution is -2.58. The molecule has 110 valence electrons. The third kappa shape index (κ3) is 3.31. The molecule has 11 heteroatoms. The summed E-state index contributed by atoms with van der Waals surface area (Å²) in [6, 6.07) is 0. The highest BCUT2D eigenvalue weighted by Crippen LogP contribution is 2.44. The van der Waals surface area contributed by atoms with E-state index in [0.29, 0.717) is 0 Å². The molecular weight excluding hydrogens is 299 g/mol. The molecule has 3 unspecified atom stereocenters. The van der Waals surface area contributed by atoms with Crippen molar-refractivity contribution in [2.45, 2.75) is 36.4 Å². The molecular formula is C7H9F9OSi. The Morgan fingerprint density at radius 3 is 1.67 bits per heavy atom. The Kier molecular flexibility index (Phi) is 5.97. The van der Waals surface area contributed by atoms with Gasteiger partial charge in [-0.3, -0.25) is 0 Å². The van der Waals surface area contributed by atoms with Crippen molar-refractivity contribution >= 4 is 9.76 Å². The van der Waals surface area contributed by atoms with Crippen molar-refractivity contribution in [3.63, 3.8) is 0 Å². The van der Waals surface area contributed by atoms with Crippen LogP contribution in [0.3, 0.4) is 0 Å². The van der Waals surface area contributed by atoms with Crippen molar-refractivity contribution in [2.75, 3.05) is 7.11 Å². The number of hydrogen-bond donors (Lipinski definition) is 0. The first-order valence-electron chi connectivity index (χ1n) is 4.45. The number of alkyl halides is 9. The van der Waals surface area contributed by atoms with Crippen LogP contribution in [0.15, 0.2) is 0 Å². The molecule has 0 aliphatic rings. The second-order valence-electron chi connectivity index (χ2n) is 3.35. The van der Waals surface area contributed by atoms with Crippen molar-refractivity contribution in [3.8, 4) is 0 Å². The fourth-order valence-electron chi connectivity index (χ4n) is 0.971. The Labute approximate surface area is 98.2 Å². The fourth-order valence-corrected chi connectivity index (χ4v) is 1.75. The average Bonchev–Trinajstić information content (AvgIpc) is 2.26. The minimum atomic E-state index is -5.90. The molecule has 0 radical (unpaired) electrons. The van der Waals surface area contributed by atoms with Gasteiger partial charge in [0.05, 0.1) is 0 Å². The van der Waals surface area contributed by atoms with E-state index in [9.17, 15) is 39.5 Å². The van der Waals surface area contributed by atoms with Crippen LogP contribution in [0.2, 0.25) is 0 Å². The third-order valence-electron chi connectivity index (χ3n) is 2.02. The predicted octanol–water partition coefficient (Wildman–Crippen LogP) is 2.22. The maximum absolute atomic E-state index is 12.8. The highest BCUT2D eigenvalue weighted by atomic mass is 28.2. The van der Waals surface area contributed by atoms with E-state index >= 15 is 0 Å². The van der Waals surface area contributed by atoms with E-state index in [1.54, 1.807) is 0 Å². The molecule has 18 heavy (non-hydrogen) atoms. The third-order valence-corrected chi connectivity index (χ3v) is 3.16. The number of rotatable bonds is 7. The van der Waals surface area contributed by atoms with Crippen LogP contribution < -0.4 is 0 Å². The molecule has 0 saturated heterocycles. The average molecular weight is 308 g/mol. The number of hydrogen-bond acceptors (Lipinski definition) is 1. The molecule has 0 bridgehead atoms. The molecule has 0 rings (SSSR count). The van der Waals surface area contributed by atoms with Gasteiger partial charge in [0, 0.05) is 7.11 Å². The summed E-state index contributed by atoms with van der Waals surface area (Å²) in [7, 11) is -2.03. The van der Waals surface area contributed by atoms with Crippen LogP contribution >= 0.6 is 0 Å². The molecule has 0 aromatic carbocycles. The van der Waals surface area contributed by atoms with Crippen LogP contribution in [0.5, 0.6) is 0 Å². The second-order valence-corrected chi connectivity index (χ2v) is 4.98. The van der Waals surface area contributed by atoms with Gasteiger partial charge in [-0.05, 0) is 0 Å². The summed E-state index contributed by atoms with van der Waals surface area (Å²) >= 11 is 0. The van der Waals surface area contributed by atoms with Crippen LogP contribution in [-0.2, 0) is 4.43 Å². The van der Waals surface area contributed by atoms with E-state index in [0.717, 1.165) is 7.11 Å². The van der Waals surface area contributed by atoms with E-state index in [-0.39, 0.29) is 0 Å². The highest BCUT2D eigenvalue weighted by molar-refractivity contribution is 6.29. The molecule has 0 amide bonds.